The molecule has 4 heteroatoms. The molecule has 116 valence electrons. The molecule has 0 spiro atoms. The number of benzene rings is 1. The highest BCUT2D eigenvalue weighted by atomic mass is 32.1. The quantitative estimate of drug-likeness (QED) is 0.854. The fourth-order valence-corrected chi connectivity index (χ4v) is 3.78. The summed E-state index contributed by atoms with van der Waals surface area (Å²) in [6.45, 7) is 2.77. The Balaban J connectivity index is 1.68. The van der Waals surface area contributed by atoms with Crippen LogP contribution in [0, 0.1) is 0 Å². The van der Waals surface area contributed by atoms with E-state index in [9.17, 15) is 4.79 Å². The zero-order valence-electron chi connectivity index (χ0n) is 13.0. The second-order valence-electron chi connectivity index (χ2n) is 5.70. The lowest BCUT2D eigenvalue weighted by molar-refractivity contribution is -0.135. The third-order valence-corrected chi connectivity index (χ3v) is 5.39. The van der Waals surface area contributed by atoms with Crippen molar-refractivity contribution in [3.8, 4) is 0 Å². The SMILES string of the molecule is C[C@H](c1ccccc1)N(C)C(=O)C[C@H]1OCCc2sccc21. The van der Waals surface area contributed by atoms with Crippen molar-refractivity contribution in [1.29, 1.82) is 0 Å². The summed E-state index contributed by atoms with van der Waals surface area (Å²) in [7, 11) is 1.87. The van der Waals surface area contributed by atoms with E-state index in [1.165, 1.54) is 10.4 Å². The zero-order chi connectivity index (χ0) is 15.5. The van der Waals surface area contributed by atoms with Crippen molar-refractivity contribution in [2.45, 2.75) is 31.9 Å². The summed E-state index contributed by atoms with van der Waals surface area (Å²) in [6.07, 6.45) is 1.29. The van der Waals surface area contributed by atoms with Crippen molar-refractivity contribution in [2.75, 3.05) is 13.7 Å². The Bertz CT molecular complexity index is 638. The molecule has 1 amide bonds. The van der Waals surface area contributed by atoms with Gasteiger partial charge in [-0.1, -0.05) is 30.3 Å². The van der Waals surface area contributed by atoms with Gasteiger partial charge in [0.1, 0.15) is 0 Å². The normalized spacial score (nSPS) is 18.5. The average Bonchev–Trinajstić information content (AvgIpc) is 3.04. The minimum atomic E-state index is -0.0899. The van der Waals surface area contributed by atoms with Gasteiger partial charge < -0.3 is 9.64 Å². The monoisotopic (exact) mass is 315 g/mol. The van der Waals surface area contributed by atoms with Crippen LogP contribution in [0.5, 0.6) is 0 Å². The van der Waals surface area contributed by atoms with Gasteiger partial charge in [-0.05, 0) is 29.5 Å². The van der Waals surface area contributed by atoms with E-state index in [4.69, 9.17) is 4.74 Å². The van der Waals surface area contributed by atoms with E-state index >= 15 is 0 Å². The fraction of sp³-hybridized carbons (Fsp3) is 0.389. The van der Waals surface area contributed by atoms with Crippen molar-refractivity contribution < 1.29 is 9.53 Å². The number of fused-ring (bicyclic) bond motifs is 1. The van der Waals surface area contributed by atoms with Gasteiger partial charge in [0.25, 0.3) is 0 Å². The number of hydrogen-bond acceptors (Lipinski definition) is 3. The summed E-state index contributed by atoms with van der Waals surface area (Å²) in [5, 5.41) is 2.09. The summed E-state index contributed by atoms with van der Waals surface area (Å²) in [5.74, 6) is 0.125. The van der Waals surface area contributed by atoms with Crippen LogP contribution in [-0.2, 0) is 16.0 Å². The van der Waals surface area contributed by atoms with Gasteiger partial charge in [-0.25, -0.2) is 0 Å². The van der Waals surface area contributed by atoms with Crippen LogP contribution >= 0.6 is 11.3 Å². The molecule has 22 heavy (non-hydrogen) atoms. The summed E-state index contributed by atoms with van der Waals surface area (Å²) >= 11 is 1.76. The van der Waals surface area contributed by atoms with Crippen molar-refractivity contribution in [1.82, 2.24) is 4.90 Å². The standard InChI is InChI=1S/C18H21NO2S/c1-13(14-6-4-3-5-7-14)19(2)18(20)12-16-15-9-11-22-17(15)8-10-21-16/h3-7,9,11,13,16H,8,10,12H2,1-2H3/t13-,16-/m1/s1. The molecular weight excluding hydrogens is 294 g/mol. The third kappa shape index (κ3) is 3.08. The first kappa shape index (κ1) is 15.3. The van der Waals surface area contributed by atoms with Gasteiger partial charge in [-0.3, -0.25) is 4.79 Å². The highest BCUT2D eigenvalue weighted by molar-refractivity contribution is 7.10. The molecule has 1 aliphatic heterocycles. The number of rotatable bonds is 4. The molecule has 3 nitrogen and oxygen atoms in total. The maximum atomic E-state index is 12.6. The number of thiophene rings is 1. The van der Waals surface area contributed by atoms with Crippen molar-refractivity contribution in [3.63, 3.8) is 0 Å². The number of nitrogens with zero attached hydrogens (tertiary/aromatic N) is 1. The molecule has 0 saturated carbocycles. The highest BCUT2D eigenvalue weighted by Crippen LogP contribution is 2.34. The molecule has 1 aromatic carbocycles. The molecule has 2 heterocycles. The summed E-state index contributed by atoms with van der Waals surface area (Å²) in [5.41, 5.74) is 2.35. The Kier molecular flexibility index (Phi) is 4.60. The molecule has 1 aromatic heterocycles. The van der Waals surface area contributed by atoms with Crippen LogP contribution in [-0.4, -0.2) is 24.5 Å². The smallest absolute Gasteiger partial charge is 0.225 e. The summed E-state index contributed by atoms with van der Waals surface area (Å²) in [6, 6.07) is 12.3. The predicted molar refractivity (Wildman–Crippen MR) is 89.0 cm³/mol. The zero-order valence-corrected chi connectivity index (χ0v) is 13.8. The molecule has 0 fully saturated rings. The molecule has 3 rings (SSSR count). The lowest BCUT2D eigenvalue weighted by Crippen LogP contribution is -2.31. The van der Waals surface area contributed by atoms with Crippen LogP contribution in [0.4, 0.5) is 0 Å². The van der Waals surface area contributed by atoms with E-state index in [1.54, 1.807) is 11.3 Å². The number of ether oxygens (including phenoxy) is 1. The van der Waals surface area contributed by atoms with Crippen LogP contribution in [0.15, 0.2) is 41.8 Å². The van der Waals surface area contributed by atoms with Crippen molar-refractivity contribution >= 4 is 17.2 Å². The topological polar surface area (TPSA) is 29.5 Å². The second-order valence-corrected chi connectivity index (χ2v) is 6.70. The Hall–Kier alpha value is -1.65. The fourth-order valence-electron chi connectivity index (χ4n) is 2.87. The molecule has 0 aliphatic carbocycles. The maximum absolute atomic E-state index is 12.6. The van der Waals surface area contributed by atoms with Gasteiger partial charge in [0.05, 0.1) is 25.2 Å². The van der Waals surface area contributed by atoms with E-state index in [0.29, 0.717) is 13.0 Å². The van der Waals surface area contributed by atoms with E-state index < -0.39 is 0 Å². The van der Waals surface area contributed by atoms with Gasteiger partial charge in [0.15, 0.2) is 0 Å². The molecule has 0 radical (unpaired) electrons. The molecule has 1 aliphatic rings. The van der Waals surface area contributed by atoms with Crippen LogP contribution in [0.1, 0.15) is 41.5 Å². The van der Waals surface area contributed by atoms with E-state index in [-0.39, 0.29) is 18.1 Å². The lowest BCUT2D eigenvalue weighted by atomic mass is 10.0. The Morgan fingerprint density at radius 2 is 2.14 bits per heavy atom. The van der Waals surface area contributed by atoms with Gasteiger partial charge in [-0.15, -0.1) is 11.3 Å². The van der Waals surface area contributed by atoms with Crippen LogP contribution in [0.2, 0.25) is 0 Å². The van der Waals surface area contributed by atoms with Gasteiger partial charge in [-0.2, -0.15) is 0 Å². The van der Waals surface area contributed by atoms with E-state index in [2.05, 4.69) is 30.5 Å². The van der Waals surface area contributed by atoms with Crippen LogP contribution in [0.3, 0.4) is 0 Å². The Morgan fingerprint density at radius 1 is 1.36 bits per heavy atom. The molecule has 0 N–H and O–H groups in total. The maximum Gasteiger partial charge on any atom is 0.225 e. The number of hydrogen-bond donors (Lipinski definition) is 0. The molecule has 0 bridgehead atoms. The minimum absolute atomic E-state index is 0.0687. The molecular formula is C18H21NO2S. The van der Waals surface area contributed by atoms with Crippen molar-refractivity contribution in [2.24, 2.45) is 0 Å². The van der Waals surface area contributed by atoms with Crippen LogP contribution < -0.4 is 0 Å². The van der Waals surface area contributed by atoms with Gasteiger partial charge >= 0.3 is 0 Å². The Morgan fingerprint density at radius 3 is 2.91 bits per heavy atom. The average molecular weight is 315 g/mol. The Labute approximate surface area is 135 Å². The largest absolute Gasteiger partial charge is 0.373 e. The van der Waals surface area contributed by atoms with Crippen LogP contribution in [0.25, 0.3) is 0 Å². The summed E-state index contributed by atoms with van der Waals surface area (Å²) < 4.78 is 5.83. The number of amides is 1. The van der Waals surface area contributed by atoms with E-state index in [0.717, 1.165) is 12.0 Å². The number of carbonyl (C=O) groups excluding carboxylic acids is 1. The number of carbonyl (C=O) groups is 1. The minimum Gasteiger partial charge on any atom is -0.373 e. The molecule has 2 atom stereocenters. The second kappa shape index (κ2) is 6.63. The molecule has 2 aromatic rings. The first-order valence-corrected chi connectivity index (χ1v) is 8.53. The summed E-state index contributed by atoms with van der Waals surface area (Å²) in [4.78, 5) is 15.8. The van der Waals surface area contributed by atoms with E-state index in [1.807, 2.05) is 30.1 Å². The third-order valence-electron chi connectivity index (χ3n) is 4.39. The molecule has 0 saturated heterocycles. The molecule has 0 unspecified atom stereocenters. The van der Waals surface area contributed by atoms with Gasteiger partial charge in [0, 0.05) is 18.3 Å². The highest BCUT2D eigenvalue weighted by Gasteiger charge is 2.27. The first-order valence-electron chi connectivity index (χ1n) is 7.65. The first-order chi connectivity index (χ1) is 10.7. The lowest BCUT2D eigenvalue weighted by Gasteiger charge is -2.29. The predicted octanol–water partition coefficient (Wildman–Crippen LogP) is 3.97. The van der Waals surface area contributed by atoms with Gasteiger partial charge in [0.2, 0.25) is 5.91 Å². The van der Waals surface area contributed by atoms with Crippen molar-refractivity contribution in [3.05, 3.63) is 57.8 Å².